The van der Waals surface area contributed by atoms with E-state index in [1.54, 1.807) is 0 Å². The Morgan fingerprint density at radius 3 is 1.90 bits per heavy atom. The first-order valence-electron chi connectivity index (χ1n) is 8.12. The molecule has 3 rings (SSSR count). The number of benzene rings is 2. The van der Waals surface area contributed by atoms with Crippen LogP contribution in [0.2, 0.25) is 0 Å². The Labute approximate surface area is 125 Å². The van der Waals surface area contributed by atoms with Crippen molar-refractivity contribution < 1.29 is 0 Å². The maximum atomic E-state index is 2.33. The second kappa shape index (κ2) is 11.3. The van der Waals surface area contributed by atoms with Gasteiger partial charge in [-0.05, 0) is 40.8 Å². The van der Waals surface area contributed by atoms with Crippen LogP contribution in [0, 0.1) is 0 Å². The van der Waals surface area contributed by atoms with Crippen molar-refractivity contribution in [2.75, 3.05) is 0 Å². The van der Waals surface area contributed by atoms with Gasteiger partial charge >= 0.3 is 0 Å². The van der Waals surface area contributed by atoms with Crippen molar-refractivity contribution in [2.24, 2.45) is 0 Å². The molecule has 2 aromatic carbocycles. The quantitative estimate of drug-likeness (QED) is 0.489. The van der Waals surface area contributed by atoms with Crippen molar-refractivity contribution in [3.8, 4) is 0 Å². The molecule has 110 valence electrons. The summed E-state index contributed by atoms with van der Waals surface area (Å²) < 4.78 is 0. The summed E-state index contributed by atoms with van der Waals surface area (Å²) in [5, 5.41) is 2.71. The fraction of sp³-hybridized carbons (Fsp3) is 0.400. The van der Waals surface area contributed by atoms with E-state index in [-0.39, 0.29) is 0 Å². The van der Waals surface area contributed by atoms with Crippen molar-refractivity contribution >= 4 is 16.8 Å². The molecule has 0 saturated heterocycles. The van der Waals surface area contributed by atoms with Gasteiger partial charge in [-0.2, -0.15) is 0 Å². The summed E-state index contributed by atoms with van der Waals surface area (Å²) in [6.07, 6.45) is 6.88. The third kappa shape index (κ3) is 4.85. The van der Waals surface area contributed by atoms with Gasteiger partial charge in [-0.25, -0.2) is 0 Å². The predicted octanol–water partition coefficient (Wildman–Crippen LogP) is 6.88. The molecule has 0 N–H and O–H groups in total. The average molecular weight is 270 g/mol. The highest BCUT2D eigenvalue weighted by Gasteiger charge is 2.05. The maximum absolute atomic E-state index is 2.33. The lowest BCUT2D eigenvalue weighted by Crippen LogP contribution is -1.93. The molecule has 0 spiro atoms. The SMILES string of the molecule is C1=Cc2cc3ccccc3cc2CC1.CC.CC.CC. The van der Waals surface area contributed by atoms with Crippen molar-refractivity contribution in [1.82, 2.24) is 0 Å². The minimum absolute atomic E-state index is 1.19. The zero-order chi connectivity index (χ0) is 15.4. The molecular weight excluding hydrogens is 240 g/mol. The molecule has 0 atom stereocenters. The van der Waals surface area contributed by atoms with Gasteiger partial charge in [0, 0.05) is 0 Å². The normalized spacial score (nSPS) is 10.9. The van der Waals surface area contributed by atoms with Gasteiger partial charge in [0.25, 0.3) is 0 Å². The fourth-order valence-electron chi connectivity index (χ4n) is 2.13. The van der Waals surface area contributed by atoms with Gasteiger partial charge < -0.3 is 0 Å². The van der Waals surface area contributed by atoms with Gasteiger partial charge in [-0.15, -0.1) is 0 Å². The molecule has 2 aromatic rings. The van der Waals surface area contributed by atoms with E-state index in [1.807, 2.05) is 41.5 Å². The third-order valence-corrected chi connectivity index (χ3v) is 2.89. The Morgan fingerprint density at radius 1 is 0.750 bits per heavy atom. The van der Waals surface area contributed by atoms with Gasteiger partial charge in [0.05, 0.1) is 0 Å². The van der Waals surface area contributed by atoms with Crippen LogP contribution in [-0.4, -0.2) is 0 Å². The van der Waals surface area contributed by atoms with Crippen LogP contribution in [0.3, 0.4) is 0 Å². The molecule has 0 aliphatic heterocycles. The standard InChI is InChI=1S/C14H12.3C2H6/c1-2-6-12-10-14-8-4-3-7-13(14)9-11(12)5-1;3*1-2/h1-3,5-7,9-10H,4,8H2;3*1-2H3. The second-order valence-corrected chi connectivity index (χ2v) is 3.84. The number of allylic oxidation sites excluding steroid dienone is 1. The molecule has 0 aromatic heterocycles. The third-order valence-electron chi connectivity index (χ3n) is 2.89. The summed E-state index contributed by atoms with van der Waals surface area (Å²) in [7, 11) is 0. The van der Waals surface area contributed by atoms with Gasteiger partial charge in [0.2, 0.25) is 0 Å². The molecule has 1 aliphatic rings. The highest BCUT2D eigenvalue weighted by molar-refractivity contribution is 5.86. The lowest BCUT2D eigenvalue weighted by Gasteiger charge is -2.11. The number of hydrogen-bond acceptors (Lipinski definition) is 0. The van der Waals surface area contributed by atoms with E-state index >= 15 is 0 Å². The zero-order valence-corrected chi connectivity index (χ0v) is 14.0. The van der Waals surface area contributed by atoms with Crippen molar-refractivity contribution in [2.45, 2.75) is 54.4 Å². The van der Waals surface area contributed by atoms with Crippen molar-refractivity contribution in [3.05, 3.63) is 53.6 Å². The molecular formula is C20H30. The summed E-state index contributed by atoms with van der Waals surface area (Å²) in [5.74, 6) is 0. The highest BCUT2D eigenvalue weighted by atomic mass is 14.1. The Kier molecular flexibility index (Phi) is 10.4. The van der Waals surface area contributed by atoms with E-state index in [0.717, 1.165) is 0 Å². The van der Waals surface area contributed by atoms with Crippen LogP contribution >= 0.6 is 0 Å². The minimum Gasteiger partial charge on any atom is -0.0836 e. The van der Waals surface area contributed by atoms with Crippen molar-refractivity contribution in [3.63, 3.8) is 0 Å². The Bertz CT molecular complexity index is 506. The van der Waals surface area contributed by atoms with E-state index < -0.39 is 0 Å². The molecule has 0 radical (unpaired) electrons. The predicted molar refractivity (Wildman–Crippen MR) is 95.3 cm³/mol. The Balaban J connectivity index is 0.000000538. The van der Waals surface area contributed by atoms with Gasteiger partial charge in [0.15, 0.2) is 0 Å². The summed E-state index contributed by atoms with van der Waals surface area (Å²) in [6.45, 7) is 12.0. The van der Waals surface area contributed by atoms with Gasteiger partial charge in [-0.3, -0.25) is 0 Å². The van der Waals surface area contributed by atoms with E-state index in [9.17, 15) is 0 Å². The first kappa shape index (κ1) is 18.4. The number of hydrogen-bond donors (Lipinski definition) is 0. The Morgan fingerprint density at radius 2 is 1.30 bits per heavy atom. The molecule has 0 unspecified atom stereocenters. The van der Waals surface area contributed by atoms with E-state index in [2.05, 4.69) is 48.6 Å². The molecule has 0 fully saturated rings. The van der Waals surface area contributed by atoms with Crippen LogP contribution in [0.15, 0.2) is 42.5 Å². The van der Waals surface area contributed by atoms with E-state index in [4.69, 9.17) is 0 Å². The first-order valence-corrected chi connectivity index (χ1v) is 8.12. The molecule has 1 aliphatic carbocycles. The molecule has 0 amide bonds. The number of rotatable bonds is 0. The summed E-state index contributed by atoms with van der Waals surface area (Å²) in [6, 6.07) is 13.2. The monoisotopic (exact) mass is 270 g/mol. The smallest absolute Gasteiger partial charge is 0.0178 e. The number of fused-ring (bicyclic) bond motifs is 2. The maximum Gasteiger partial charge on any atom is -0.0178 e. The molecule has 0 heteroatoms. The first-order chi connectivity index (χ1) is 9.93. The lowest BCUT2D eigenvalue weighted by atomic mass is 9.94. The fourth-order valence-corrected chi connectivity index (χ4v) is 2.13. The van der Waals surface area contributed by atoms with Gasteiger partial charge in [-0.1, -0.05) is 84.0 Å². The lowest BCUT2D eigenvalue weighted by molar-refractivity contribution is 0.989. The summed E-state index contributed by atoms with van der Waals surface area (Å²) >= 11 is 0. The van der Waals surface area contributed by atoms with Crippen molar-refractivity contribution in [1.29, 1.82) is 0 Å². The molecule has 0 nitrogen and oxygen atoms in total. The molecule has 0 heterocycles. The number of aryl methyl sites for hydroxylation is 1. The van der Waals surface area contributed by atoms with Gasteiger partial charge in [0.1, 0.15) is 0 Å². The van der Waals surface area contributed by atoms with Crippen LogP contribution in [-0.2, 0) is 6.42 Å². The minimum atomic E-state index is 1.19. The molecule has 0 bridgehead atoms. The van der Waals surface area contributed by atoms with E-state index in [1.165, 1.54) is 34.7 Å². The van der Waals surface area contributed by atoms with Crippen LogP contribution in [0.25, 0.3) is 16.8 Å². The zero-order valence-electron chi connectivity index (χ0n) is 14.0. The Hall–Kier alpha value is -1.56. The van der Waals surface area contributed by atoms with E-state index in [0.29, 0.717) is 0 Å². The van der Waals surface area contributed by atoms with Crippen LogP contribution < -0.4 is 0 Å². The van der Waals surface area contributed by atoms with Crippen LogP contribution in [0.1, 0.15) is 59.1 Å². The molecule has 20 heavy (non-hydrogen) atoms. The topological polar surface area (TPSA) is 0 Å². The average Bonchev–Trinajstić information content (AvgIpc) is 2.58. The highest BCUT2D eigenvalue weighted by Crippen LogP contribution is 2.25. The second-order valence-electron chi connectivity index (χ2n) is 3.84. The molecule has 0 saturated carbocycles. The van der Waals surface area contributed by atoms with Crippen LogP contribution in [0.5, 0.6) is 0 Å². The summed E-state index contributed by atoms with van der Waals surface area (Å²) in [5.41, 5.74) is 2.89. The van der Waals surface area contributed by atoms with Crippen LogP contribution in [0.4, 0.5) is 0 Å². The summed E-state index contributed by atoms with van der Waals surface area (Å²) in [4.78, 5) is 0. The largest absolute Gasteiger partial charge is 0.0836 e.